The molecule has 2 saturated heterocycles. The molecular weight excluding hydrogens is 368 g/mol. The molecule has 2 aliphatic rings. The Balaban J connectivity index is 1.32. The van der Waals surface area contributed by atoms with E-state index in [0.29, 0.717) is 13.2 Å². The van der Waals surface area contributed by atoms with Crippen LogP contribution < -0.4 is 10.2 Å². The first-order valence-corrected chi connectivity index (χ1v) is 10.6. The number of hydrogen-bond donors (Lipinski definition) is 1. The van der Waals surface area contributed by atoms with Crippen LogP contribution in [0.2, 0.25) is 0 Å². The zero-order valence-electron chi connectivity index (χ0n) is 17.1. The van der Waals surface area contributed by atoms with Gasteiger partial charge in [-0.3, -0.25) is 9.69 Å². The molecule has 0 saturated carbocycles. The van der Waals surface area contributed by atoms with E-state index in [2.05, 4.69) is 20.1 Å². The molecule has 2 aromatic heterocycles. The maximum Gasteiger partial charge on any atom is 0.238 e. The lowest BCUT2D eigenvalue weighted by molar-refractivity contribution is -0.117. The third-order valence-corrected chi connectivity index (χ3v) is 5.72. The van der Waals surface area contributed by atoms with E-state index in [-0.39, 0.29) is 11.9 Å². The lowest BCUT2D eigenvalue weighted by Crippen LogP contribution is -2.33. The topological polar surface area (TPSA) is 70.8 Å². The molecule has 1 amide bonds. The number of carbonyl (C=O) groups is 1. The van der Waals surface area contributed by atoms with E-state index in [1.165, 1.54) is 19.3 Å². The van der Waals surface area contributed by atoms with Crippen molar-refractivity contribution in [3.8, 4) is 0 Å². The van der Waals surface area contributed by atoms with E-state index < -0.39 is 0 Å². The number of aromatic nitrogens is 1. The van der Waals surface area contributed by atoms with Gasteiger partial charge in [-0.1, -0.05) is 0 Å². The highest BCUT2D eigenvalue weighted by atomic mass is 16.5. The summed E-state index contributed by atoms with van der Waals surface area (Å²) in [5.41, 5.74) is 0.742. The quantitative estimate of drug-likeness (QED) is 0.769. The van der Waals surface area contributed by atoms with E-state index in [4.69, 9.17) is 9.15 Å². The summed E-state index contributed by atoms with van der Waals surface area (Å²) in [5, 5.41) is 2.98. The fourth-order valence-electron chi connectivity index (χ4n) is 4.29. The number of nitrogens with one attached hydrogen (secondary N) is 1. The summed E-state index contributed by atoms with van der Waals surface area (Å²) in [6.45, 7) is 3.83. The Morgan fingerprint density at radius 1 is 1.17 bits per heavy atom. The van der Waals surface area contributed by atoms with Crippen LogP contribution in [0, 0.1) is 0 Å². The molecule has 7 heteroatoms. The van der Waals surface area contributed by atoms with E-state index >= 15 is 0 Å². The van der Waals surface area contributed by atoms with Crippen molar-refractivity contribution in [2.45, 2.75) is 44.8 Å². The van der Waals surface area contributed by atoms with Gasteiger partial charge in [0.15, 0.2) is 0 Å². The summed E-state index contributed by atoms with van der Waals surface area (Å²) >= 11 is 0. The second-order valence-corrected chi connectivity index (χ2v) is 7.87. The maximum absolute atomic E-state index is 12.6. The van der Waals surface area contributed by atoms with Crippen molar-refractivity contribution in [2.24, 2.45) is 0 Å². The lowest BCUT2D eigenvalue weighted by Gasteiger charge is -2.27. The zero-order valence-corrected chi connectivity index (χ0v) is 17.1. The number of furan rings is 1. The standard InChI is InChI=1S/C22H30N4O3/c1-28-16-18-8-9-20(29-18)19-6-5-13-26(19)15-22(27)24-17-7-10-21(23-14-17)25-11-3-2-4-12-25/h7-10,14,19H,2-6,11-13,15-16H2,1H3,(H,24,27). The highest BCUT2D eigenvalue weighted by Crippen LogP contribution is 2.33. The molecular formula is C22H30N4O3. The number of methoxy groups -OCH3 is 1. The molecule has 1 atom stereocenters. The van der Waals surface area contributed by atoms with Crippen LogP contribution >= 0.6 is 0 Å². The normalized spacial score (nSPS) is 20.2. The second kappa shape index (κ2) is 9.41. The van der Waals surface area contributed by atoms with Gasteiger partial charge in [0.25, 0.3) is 0 Å². The summed E-state index contributed by atoms with van der Waals surface area (Å²) in [6.07, 6.45) is 7.56. The molecule has 4 heterocycles. The zero-order chi connectivity index (χ0) is 20.1. The molecule has 2 aromatic rings. The highest BCUT2D eigenvalue weighted by Gasteiger charge is 2.30. The van der Waals surface area contributed by atoms with Crippen molar-refractivity contribution < 1.29 is 13.9 Å². The van der Waals surface area contributed by atoms with Crippen molar-refractivity contribution >= 4 is 17.4 Å². The summed E-state index contributed by atoms with van der Waals surface area (Å²) in [4.78, 5) is 21.6. The average Bonchev–Trinajstić information content (AvgIpc) is 3.39. The minimum absolute atomic E-state index is 0.0203. The van der Waals surface area contributed by atoms with Gasteiger partial charge in [-0.2, -0.15) is 0 Å². The number of nitrogens with zero attached hydrogens (tertiary/aromatic N) is 3. The van der Waals surface area contributed by atoms with Crippen LogP contribution in [0.4, 0.5) is 11.5 Å². The molecule has 1 unspecified atom stereocenters. The van der Waals surface area contributed by atoms with Gasteiger partial charge < -0.3 is 19.4 Å². The maximum atomic E-state index is 12.6. The molecule has 0 bridgehead atoms. The molecule has 2 aliphatic heterocycles. The minimum Gasteiger partial charge on any atom is -0.462 e. The van der Waals surface area contributed by atoms with Crippen molar-refractivity contribution in [1.29, 1.82) is 0 Å². The van der Waals surface area contributed by atoms with Crippen LogP contribution in [0.3, 0.4) is 0 Å². The Labute approximate surface area is 172 Å². The third kappa shape index (κ3) is 4.97. The molecule has 4 rings (SSSR count). The number of amides is 1. The Bertz CT molecular complexity index is 799. The largest absolute Gasteiger partial charge is 0.462 e. The van der Waals surface area contributed by atoms with Gasteiger partial charge in [0.1, 0.15) is 23.9 Å². The Morgan fingerprint density at radius 3 is 2.79 bits per heavy atom. The fourth-order valence-corrected chi connectivity index (χ4v) is 4.29. The van der Waals surface area contributed by atoms with Gasteiger partial charge in [0, 0.05) is 20.2 Å². The molecule has 0 spiro atoms. The molecule has 0 radical (unpaired) electrons. The number of hydrogen-bond acceptors (Lipinski definition) is 6. The molecule has 0 aliphatic carbocycles. The Morgan fingerprint density at radius 2 is 2.03 bits per heavy atom. The number of pyridine rings is 1. The Hall–Kier alpha value is -2.38. The predicted molar refractivity (Wildman–Crippen MR) is 112 cm³/mol. The van der Waals surface area contributed by atoms with Crippen LogP contribution in [0.1, 0.15) is 49.7 Å². The van der Waals surface area contributed by atoms with Gasteiger partial charge in [0.2, 0.25) is 5.91 Å². The first-order valence-electron chi connectivity index (χ1n) is 10.6. The van der Waals surface area contributed by atoms with Gasteiger partial charge in [0.05, 0.1) is 24.5 Å². The van der Waals surface area contributed by atoms with Crippen LogP contribution in [0.15, 0.2) is 34.9 Å². The summed E-state index contributed by atoms with van der Waals surface area (Å²) in [7, 11) is 1.66. The number of ether oxygens (including phenoxy) is 1. The summed E-state index contributed by atoms with van der Waals surface area (Å²) in [5.74, 6) is 2.70. The smallest absolute Gasteiger partial charge is 0.238 e. The molecule has 0 aromatic carbocycles. The van der Waals surface area contributed by atoms with Gasteiger partial charge >= 0.3 is 0 Å². The second-order valence-electron chi connectivity index (χ2n) is 7.87. The first-order chi connectivity index (χ1) is 14.2. The third-order valence-electron chi connectivity index (χ3n) is 5.72. The molecule has 2 fully saturated rings. The van der Waals surface area contributed by atoms with Crippen molar-refractivity contribution in [1.82, 2.24) is 9.88 Å². The van der Waals surface area contributed by atoms with Gasteiger partial charge in [-0.05, 0) is 62.9 Å². The molecule has 7 nitrogen and oxygen atoms in total. The summed E-state index contributed by atoms with van der Waals surface area (Å²) < 4.78 is 11.0. The van der Waals surface area contributed by atoms with E-state index in [9.17, 15) is 4.79 Å². The van der Waals surface area contributed by atoms with E-state index in [0.717, 1.165) is 55.5 Å². The van der Waals surface area contributed by atoms with Crippen molar-refractivity contribution in [2.75, 3.05) is 43.5 Å². The number of rotatable bonds is 7. The predicted octanol–water partition coefficient (Wildman–Crippen LogP) is 3.59. The lowest BCUT2D eigenvalue weighted by atomic mass is 10.1. The average molecular weight is 399 g/mol. The Kier molecular flexibility index (Phi) is 6.46. The number of anilines is 2. The van der Waals surface area contributed by atoms with Crippen LogP contribution in [-0.4, -0.2) is 49.1 Å². The van der Waals surface area contributed by atoms with Crippen molar-refractivity contribution in [3.05, 3.63) is 42.0 Å². The van der Waals surface area contributed by atoms with Crippen molar-refractivity contribution in [3.63, 3.8) is 0 Å². The van der Waals surface area contributed by atoms with E-state index in [1.54, 1.807) is 13.3 Å². The number of piperidine rings is 1. The van der Waals surface area contributed by atoms with E-state index in [1.807, 2.05) is 24.3 Å². The summed E-state index contributed by atoms with van der Waals surface area (Å²) in [6, 6.07) is 8.04. The SMILES string of the molecule is COCc1ccc(C2CCCN2CC(=O)Nc2ccc(N3CCCCC3)nc2)o1. The van der Waals surface area contributed by atoms with Gasteiger partial charge in [-0.15, -0.1) is 0 Å². The highest BCUT2D eigenvalue weighted by molar-refractivity contribution is 5.92. The van der Waals surface area contributed by atoms with Crippen LogP contribution in [0.5, 0.6) is 0 Å². The van der Waals surface area contributed by atoms with Crippen LogP contribution in [0.25, 0.3) is 0 Å². The van der Waals surface area contributed by atoms with Crippen LogP contribution in [-0.2, 0) is 16.1 Å². The molecule has 1 N–H and O–H groups in total. The number of likely N-dealkylation sites (tertiary alicyclic amines) is 1. The molecule has 156 valence electrons. The number of carbonyl (C=O) groups excluding carboxylic acids is 1. The molecule has 29 heavy (non-hydrogen) atoms. The minimum atomic E-state index is -0.0203. The first kappa shape index (κ1) is 19.9. The fraction of sp³-hybridized carbons (Fsp3) is 0.545. The van der Waals surface area contributed by atoms with Gasteiger partial charge in [-0.25, -0.2) is 4.98 Å². The monoisotopic (exact) mass is 398 g/mol.